The molecule has 1 heterocycles. The lowest BCUT2D eigenvalue weighted by molar-refractivity contribution is 0.116. The van der Waals surface area contributed by atoms with Crippen molar-refractivity contribution >= 4 is 6.09 Å². The molecule has 1 aliphatic heterocycles. The van der Waals surface area contributed by atoms with E-state index >= 15 is 0 Å². The number of para-hydroxylation sites is 1. The van der Waals surface area contributed by atoms with Crippen LogP contribution in [0.15, 0.2) is 42.5 Å². The van der Waals surface area contributed by atoms with E-state index in [2.05, 4.69) is 6.92 Å². The van der Waals surface area contributed by atoms with Crippen LogP contribution in [-0.4, -0.2) is 32.9 Å². The average Bonchev–Trinajstić information content (AvgIpc) is 3.09. The van der Waals surface area contributed by atoms with E-state index in [1.807, 2.05) is 24.3 Å². The number of carboxylic acid groups (broad SMARTS) is 1. The van der Waals surface area contributed by atoms with Gasteiger partial charge in [-0.1, -0.05) is 49.7 Å². The zero-order valence-corrected chi connectivity index (χ0v) is 15.0. The monoisotopic (exact) mass is 355 g/mol. The second-order valence-electron chi connectivity index (χ2n) is 6.87. The number of unbranched alkanes of at least 4 members (excludes halogenated alkanes) is 1. The van der Waals surface area contributed by atoms with Crippen molar-refractivity contribution in [1.29, 1.82) is 0 Å². The molecular weight excluding hydrogens is 330 g/mol. The molecule has 1 aliphatic rings. The summed E-state index contributed by atoms with van der Waals surface area (Å²) in [4.78, 5) is 13.3. The molecule has 1 fully saturated rings. The highest BCUT2D eigenvalue weighted by molar-refractivity contribution is 5.70. The Morgan fingerprint density at radius 1 is 1.15 bits per heavy atom. The van der Waals surface area contributed by atoms with Crippen molar-refractivity contribution in [3.05, 3.63) is 59.2 Å². The zero-order valence-electron chi connectivity index (χ0n) is 15.0. The zero-order chi connectivity index (χ0) is 18.7. The molecule has 1 saturated heterocycles. The van der Waals surface area contributed by atoms with Crippen molar-refractivity contribution in [2.75, 3.05) is 6.54 Å². The third-order valence-electron chi connectivity index (χ3n) is 5.32. The third kappa shape index (κ3) is 2.98. The van der Waals surface area contributed by atoms with E-state index in [9.17, 15) is 20.1 Å². The van der Waals surface area contributed by atoms with E-state index in [0.29, 0.717) is 24.9 Å². The molecule has 1 amide bonds. The summed E-state index contributed by atoms with van der Waals surface area (Å²) in [7, 11) is 0. The number of phenolic OH excluding ortho intramolecular Hbond substituents is 2. The fraction of sp³-hybridized carbons (Fsp3) is 0.381. The molecule has 138 valence electrons. The van der Waals surface area contributed by atoms with Gasteiger partial charge in [0.2, 0.25) is 0 Å². The quantitative estimate of drug-likeness (QED) is 0.692. The Balaban J connectivity index is 2.13. The van der Waals surface area contributed by atoms with Crippen molar-refractivity contribution in [2.45, 2.75) is 44.6 Å². The van der Waals surface area contributed by atoms with Crippen LogP contribution in [0.1, 0.15) is 49.3 Å². The predicted octanol–water partition coefficient (Wildman–Crippen LogP) is 4.46. The fourth-order valence-corrected chi connectivity index (χ4v) is 4.01. The summed E-state index contributed by atoms with van der Waals surface area (Å²) in [6, 6.07) is 12.7. The molecule has 26 heavy (non-hydrogen) atoms. The van der Waals surface area contributed by atoms with E-state index in [4.69, 9.17) is 0 Å². The van der Waals surface area contributed by atoms with E-state index < -0.39 is 11.6 Å². The Morgan fingerprint density at radius 2 is 1.88 bits per heavy atom. The number of carbonyl (C=O) groups is 1. The first-order chi connectivity index (χ1) is 12.5. The van der Waals surface area contributed by atoms with E-state index in [0.717, 1.165) is 24.8 Å². The molecule has 3 N–H and O–H groups in total. The van der Waals surface area contributed by atoms with Crippen LogP contribution in [0.4, 0.5) is 4.79 Å². The first-order valence-electron chi connectivity index (χ1n) is 9.12. The Morgan fingerprint density at radius 3 is 2.54 bits per heavy atom. The molecule has 5 heteroatoms. The van der Waals surface area contributed by atoms with E-state index in [1.165, 1.54) is 16.5 Å². The van der Waals surface area contributed by atoms with Crippen LogP contribution in [0.3, 0.4) is 0 Å². The molecule has 0 aliphatic carbocycles. The van der Waals surface area contributed by atoms with Crippen LogP contribution >= 0.6 is 0 Å². The van der Waals surface area contributed by atoms with Gasteiger partial charge in [-0.3, -0.25) is 4.90 Å². The number of amides is 1. The Kier molecular flexibility index (Phi) is 5.07. The molecule has 3 rings (SSSR count). The Hall–Kier alpha value is -2.69. The lowest BCUT2D eigenvalue weighted by atomic mass is 9.79. The molecule has 2 aromatic rings. The van der Waals surface area contributed by atoms with Gasteiger partial charge in [0.05, 0.1) is 0 Å². The third-order valence-corrected chi connectivity index (χ3v) is 5.32. The van der Waals surface area contributed by atoms with Crippen LogP contribution < -0.4 is 0 Å². The van der Waals surface area contributed by atoms with Crippen molar-refractivity contribution in [1.82, 2.24) is 4.90 Å². The number of hydrogen-bond acceptors (Lipinski definition) is 3. The minimum absolute atomic E-state index is 0.237. The number of aryl methyl sites for hydroxylation is 1. The molecule has 1 atom stereocenters. The summed E-state index contributed by atoms with van der Waals surface area (Å²) >= 11 is 0. The van der Waals surface area contributed by atoms with Gasteiger partial charge in [0, 0.05) is 12.1 Å². The number of phenols is 2. The second-order valence-corrected chi connectivity index (χ2v) is 6.87. The van der Waals surface area contributed by atoms with Crippen molar-refractivity contribution < 1.29 is 20.1 Å². The minimum atomic E-state index is -1.03. The maximum Gasteiger partial charge on any atom is 0.408 e. The number of rotatable bonds is 5. The smallest absolute Gasteiger partial charge is 0.408 e. The van der Waals surface area contributed by atoms with Gasteiger partial charge in [-0.2, -0.15) is 0 Å². The van der Waals surface area contributed by atoms with Crippen LogP contribution in [0, 0.1) is 0 Å². The highest BCUT2D eigenvalue weighted by Crippen LogP contribution is 2.49. The summed E-state index contributed by atoms with van der Waals surface area (Å²) < 4.78 is 0. The molecule has 1 unspecified atom stereocenters. The average molecular weight is 355 g/mol. The summed E-state index contributed by atoms with van der Waals surface area (Å²) in [5.74, 6) is -0.491. The highest BCUT2D eigenvalue weighted by atomic mass is 16.4. The van der Waals surface area contributed by atoms with Crippen LogP contribution in [0.5, 0.6) is 11.5 Å². The van der Waals surface area contributed by atoms with Crippen LogP contribution in [-0.2, 0) is 12.0 Å². The molecule has 0 saturated carbocycles. The first-order valence-corrected chi connectivity index (χ1v) is 9.12. The summed E-state index contributed by atoms with van der Waals surface area (Å²) in [6.07, 6.45) is 3.45. The van der Waals surface area contributed by atoms with Gasteiger partial charge >= 0.3 is 6.09 Å². The molecule has 0 bridgehead atoms. The lowest BCUT2D eigenvalue weighted by Gasteiger charge is -2.38. The van der Waals surface area contributed by atoms with Gasteiger partial charge in [0.25, 0.3) is 0 Å². The van der Waals surface area contributed by atoms with Crippen molar-refractivity contribution in [2.24, 2.45) is 0 Å². The summed E-state index contributed by atoms with van der Waals surface area (Å²) in [6.45, 7) is 2.54. The number of likely N-dealkylation sites (tertiary alicyclic amines) is 1. The Bertz CT molecular complexity index is 787. The number of hydrogen-bond donors (Lipinski definition) is 3. The topological polar surface area (TPSA) is 81.0 Å². The standard InChI is InChI=1S/C21H25NO4/c1-2-3-6-15-9-11-16(12-10-15)21(13-5-14-22(21)20(25)26)17-7-4-8-18(23)19(17)24/h4,7-12,23-24H,2-3,5-6,13-14H2,1H3,(H,25,26). The highest BCUT2D eigenvalue weighted by Gasteiger charge is 2.48. The predicted molar refractivity (Wildman–Crippen MR) is 99.6 cm³/mol. The summed E-state index contributed by atoms with van der Waals surface area (Å²) in [5.41, 5.74) is 1.47. The molecule has 0 spiro atoms. The van der Waals surface area contributed by atoms with Crippen molar-refractivity contribution in [3.63, 3.8) is 0 Å². The van der Waals surface area contributed by atoms with Crippen molar-refractivity contribution in [3.8, 4) is 11.5 Å². The molecule has 0 aromatic heterocycles. The molecular formula is C21H25NO4. The SMILES string of the molecule is CCCCc1ccc(C2(c3cccc(O)c3O)CCCN2C(=O)O)cc1. The van der Waals surface area contributed by atoms with Gasteiger partial charge < -0.3 is 15.3 Å². The van der Waals surface area contributed by atoms with Gasteiger partial charge in [0.1, 0.15) is 5.54 Å². The molecule has 2 aromatic carbocycles. The van der Waals surface area contributed by atoms with Gasteiger partial charge in [-0.05, 0) is 42.9 Å². The van der Waals surface area contributed by atoms with Gasteiger partial charge in [0.15, 0.2) is 11.5 Å². The Labute approximate surface area is 153 Å². The summed E-state index contributed by atoms with van der Waals surface area (Å²) in [5, 5.41) is 30.2. The van der Waals surface area contributed by atoms with E-state index in [-0.39, 0.29) is 11.5 Å². The lowest BCUT2D eigenvalue weighted by Crippen LogP contribution is -2.45. The molecule has 5 nitrogen and oxygen atoms in total. The maximum atomic E-state index is 12.0. The fourth-order valence-electron chi connectivity index (χ4n) is 4.01. The van der Waals surface area contributed by atoms with E-state index in [1.54, 1.807) is 12.1 Å². The number of nitrogens with zero attached hydrogens (tertiary/aromatic N) is 1. The molecule has 0 radical (unpaired) electrons. The number of aromatic hydroxyl groups is 2. The minimum Gasteiger partial charge on any atom is -0.504 e. The maximum absolute atomic E-state index is 12.0. The normalized spacial score (nSPS) is 19.7. The largest absolute Gasteiger partial charge is 0.504 e. The van der Waals surface area contributed by atoms with Crippen LogP contribution in [0.2, 0.25) is 0 Å². The first kappa shape index (κ1) is 18.1. The van der Waals surface area contributed by atoms with Gasteiger partial charge in [-0.15, -0.1) is 0 Å². The van der Waals surface area contributed by atoms with Crippen LogP contribution in [0.25, 0.3) is 0 Å². The number of benzene rings is 2. The van der Waals surface area contributed by atoms with Gasteiger partial charge in [-0.25, -0.2) is 4.79 Å². The second kappa shape index (κ2) is 7.28.